The molecule has 7 heteroatoms. The van der Waals surface area contributed by atoms with Crippen LogP contribution in [0.25, 0.3) is 22.2 Å². The van der Waals surface area contributed by atoms with Crippen LogP contribution in [0.2, 0.25) is 25.7 Å². The van der Waals surface area contributed by atoms with Crippen LogP contribution in [0.15, 0.2) is 24.7 Å². The van der Waals surface area contributed by atoms with Gasteiger partial charge in [-0.2, -0.15) is 5.10 Å². The number of pyridine rings is 1. The zero-order chi connectivity index (χ0) is 16.4. The fourth-order valence-electron chi connectivity index (χ4n) is 2.41. The summed E-state index contributed by atoms with van der Waals surface area (Å²) >= 11 is 0. The van der Waals surface area contributed by atoms with E-state index in [0.29, 0.717) is 29.1 Å². The first-order valence-corrected chi connectivity index (χ1v) is 11.4. The molecule has 0 aromatic carbocycles. The summed E-state index contributed by atoms with van der Waals surface area (Å²) in [6, 6.07) is 2.87. The van der Waals surface area contributed by atoms with Gasteiger partial charge in [-0.25, -0.2) is 9.37 Å². The molecule has 0 radical (unpaired) electrons. The van der Waals surface area contributed by atoms with Gasteiger partial charge in [-0.05, 0) is 12.1 Å². The van der Waals surface area contributed by atoms with Crippen molar-refractivity contribution in [2.75, 3.05) is 6.61 Å². The maximum atomic E-state index is 14.9. The summed E-state index contributed by atoms with van der Waals surface area (Å²) in [6.45, 7) is 7.68. The summed E-state index contributed by atoms with van der Waals surface area (Å²) in [5.41, 5.74) is 2.20. The minimum atomic E-state index is -1.15. The van der Waals surface area contributed by atoms with Crippen molar-refractivity contribution in [3.8, 4) is 11.1 Å². The van der Waals surface area contributed by atoms with Gasteiger partial charge < -0.3 is 9.72 Å². The molecule has 0 atom stereocenters. The van der Waals surface area contributed by atoms with Crippen molar-refractivity contribution in [1.82, 2.24) is 20.2 Å². The molecule has 3 rings (SSSR count). The molecule has 0 unspecified atom stereocenters. The van der Waals surface area contributed by atoms with Gasteiger partial charge in [0.05, 0.1) is 12.8 Å². The first-order valence-electron chi connectivity index (χ1n) is 7.68. The van der Waals surface area contributed by atoms with E-state index in [4.69, 9.17) is 4.74 Å². The molecule has 3 aromatic rings. The van der Waals surface area contributed by atoms with Crippen LogP contribution in [0.1, 0.15) is 5.69 Å². The fourth-order valence-corrected chi connectivity index (χ4v) is 3.17. The standard InChI is InChI=1S/C16H21FN4OSi/c1-23(2,3)7-6-22-10-13-15(17)14(11-8-19-20-9-11)12-4-5-18-16(12)21-13/h4-5,8-9H,6-7,10H2,1-3H3,(H,18,21)(H,19,20). The van der Waals surface area contributed by atoms with Crippen molar-refractivity contribution >= 4 is 19.1 Å². The van der Waals surface area contributed by atoms with Gasteiger partial charge in [0.25, 0.3) is 0 Å². The molecule has 5 nitrogen and oxygen atoms in total. The van der Waals surface area contributed by atoms with Gasteiger partial charge in [0.15, 0.2) is 5.82 Å². The second-order valence-corrected chi connectivity index (χ2v) is 12.5. The molecule has 2 N–H and O–H groups in total. The van der Waals surface area contributed by atoms with Crippen LogP contribution in [-0.2, 0) is 11.3 Å². The highest BCUT2D eigenvalue weighted by Gasteiger charge is 2.19. The molecule has 0 spiro atoms. The van der Waals surface area contributed by atoms with Crippen LogP contribution in [0.4, 0.5) is 4.39 Å². The zero-order valence-electron chi connectivity index (χ0n) is 13.6. The number of nitrogens with one attached hydrogen (secondary N) is 2. The maximum Gasteiger partial charge on any atom is 0.155 e. The summed E-state index contributed by atoms with van der Waals surface area (Å²) in [4.78, 5) is 7.41. The van der Waals surface area contributed by atoms with Crippen molar-refractivity contribution < 1.29 is 9.13 Å². The lowest BCUT2D eigenvalue weighted by atomic mass is 10.1. The Bertz CT molecular complexity index is 792. The van der Waals surface area contributed by atoms with E-state index in [2.05, 4.69) is 39.8 Å². The van der Waals surface area contributed by atoms with E-state index < -0.39 is 8.07 Å². The number of nitrogens with zero attached hydrogens (tertiary/aromatic N) is 2. The van der Waals surface area contributed by atoms with Gasteiger partial charge in [0.1, 0.15) is 11.3 Å². The Balaban J connectivity index is 1.88. The van der Waals surface area contributed by atoms with Crippen molar-refractivity contribution in [2.24, 2.45) is 0 Å². The maximum absolute atomic E-state index is 14.9. The molecule has 23 heavy (non-hydrogen) atoms. The molecule has 0 aliphatic heterocycles. The average Bonchev–Trinajstić information content (AvgIpc) is 3.13. The Morgan fingerprint density at radius 3 is 2.83 bits per heavy atom. The molecule has 0 aliphatic rings. The van der Waals surface area contributed by atoms with Crippen molar-refractivity contribution in [2.45, 2.75) is 32.3 Å². The van der Waals surface area contributed by atoms with E-state index in [9.17, 15) is 4.39 Å². The molecule has 0 aliphatic carbocycles. The quantitative estimate of drug-likeness (QED) is 0.530. The van der Waals surface area contributed by atoms with E-state index in [0.717, 1.165) is 11.4 Å². The Morgan fingerprint density at radius 2 is 2.13 bits per heavy atom. The lowest BCUT2D eigenvalue weighted by Crippen LogP contribution is -2.21. The lowest BCUT2D eigenvalue weighted by Gasteiger charge is -2.15. The van der Waals surface area contributed by atoms with Gasteiger partial charge in [-0.1, -0.05) is 19.6 Å². The van der Waals surface area contributed by atoms with E-state index in [-0.39, 0.29) is 12.4 Å². The van der Waals surface area contributed by atoms with E-state index in [1.165, 1.54) is 0 Å². The predicted molar refractivity (Wildman–Crippen MR) is 91.4 cm³/mol. The number of ether oxygens (including phenoxy) is 1. The summed E-state index contributed by atoms with van der Waals surface area (Å²) in [7, 11) is -1.15. The molecule has 0 saturated heterocycles. The Labute approximate surface area is 135 Å². The zero-order valence-corrected chi connectivity index (χ0v) is 14.6. The highest BCUT2D eigenvalue weighted by molar-refractivity contribution is 6.76. The SMILES string of the molecule is C[Si](C)(C)CCOCc1nc2[nH]ccc2c(-c2cn[nH]c2)c1F. The van der Waals surface area contributed by atoms with Crippen molar-refractivity contribution in [3.63, 3.8) is 0 Å². The first kappa shape index (κ1) is 15.9. The minimum absolute atomic E-state index is 0.177. The number of fused-ring (bicyclic) bond motifs is 1. The topological polar surface area (TPSA) is 66.6 Å². The molecular weight excluding hydrogens is 311 g/mol. The third kappa shape index (κ3) is 3.51. The number of hydrogen-bond donors (Lipinski definition) is 2. The Kier molecular flexibility index (Phi) is 4.32. The monoisotopic (exact) mass is 332 g/mol. The Morgan fingerprint density at radius 1 is 1.30 bits per heavy atom. The number of halogens is 1. The van der Waals surface area contributed by atoms with Crippen LogP contribution in [0, 0.1) is 5.82 Å². The number of aromatic nitrogens is 4. The second kappa shape index (κ2) is 6.25. The highest BCUT2D eigenvalue weighted by atomic mass is 28.3. The minimum Gasteiger partial charge on any atom is -0.375 e. The third-order valence-corrected chi connectivity index (χ3v) is 5.44. The average molecular weight is 332 g/mol. The van der Waals surface area contributed by atoms with Gasteiger partial charge in [0.2, 0.25) is 0 Å². The third-order valence-electron chi connectivity index (χ3n) is 3.74. The molecule has 3 heterocycles. The van der Waals surface area contributed by atoms with Crippen LogP contribution in [0.5, 0.6) is 0 Å². The number of aromatic amines is 2. The van der Waals surface area contributed by atoms with E-state index >= 15 is 0 Å². The molecule has 0 fully saturated rings. The normalized spacial score (nSPS) is 12.2. The van der Waals surface area contributed by atoms with Gasteiger partial charge in [-0.3, -0.25) is 5.10 Å². The summed E-state index contributed by atoms with van der Waals surface area (Å²) < 4.78 is 20.6. The first-order chi connectivity index (χ1) is 11.0. The molecule has 122 valence electrons. The number of hydrogen-bond acceptors (Lipinski definition) is 3. The molecule has 0 saturated carbocycles. The number of rotatable bonds is 6. The van der Waals surface area contributed by atoms with Gasteiger partial charge in [-0.15, -0.1) is 0 Å². The summed E-state index contributed by atoms with van der Waals surface area (Å²) in [5, 5.41) is 7.39. The van der Waals surface area contributed by atoms with Crippen molar-refractivity contribution in [3.05, 3.63) is 36.2 Å². The largest absolute Gasteiger partial charge is 0.375 e. The second-order valence-electron chi connectivity index (χ2n) is 6.84. The summed E-state index contributed by atoms with van der Waals surface area (Å²) in [6.07, 6.45) is 5.05. The molecule has 3 aromatic heterocycles. The van der Waals surface area contributed by atoms with Gasteiger partial charge >= 0.3 is 0 Å². The van der Waals surface area contributed by atoms with E-state index in [1.54, 1.807) is 18.6 Å². The molecule has 0 bridgehead atoms. The van der Waals surface area contributed by atoms with Crippen LogP contribution < -0.4 is 0 Å². The van der Waals surface area contributed by atoms with E-state index in [1.807, 2.05) is 6.07 Å². The van der Waals surface area contributed by atoms with Crippen LogP contribution in [-0.4, -0.2) is 34.8 Å². The van der Waals surface area contributed by atoms with Crippen LogP contribution in [0.3, 0.4) is 0 Å². The molecule has 0 amide bonds. The lowest BCUT2D eigenvalue weighted by molar-refractivity contribution is 0.128. The smallest absolute Gasteiger partial charge is 0.155 e. The highest BCUT2D eigenvalue weighted by Crippen LogP contribution is 2.31. The van der Waals surface area contributed by atoms with Crippen molar-refractivity contribution in [1.29, 1.82) is 0 Å². The van der Waals surface area contributed by atoms with Gasteiger partial charge in [0, 0.05) is 43.6 Å². The Hall–Kier alpha value is -1.99. The fraction of sp³-hybridized carbons (Fsp3) is 0.375. The summed E-state index contributed by atoms with van der Waals surface area (Å²) in [5.74, 6) is -0.341. The van der Waals surface area contributed by atoms with Crippen LogP contribution >= 0.6 is 0 Å². The number of H-pyrrole nitrogens is 2. The predicted octanol–water partition coefficient (Wildman–Crippen LogP) is 3.95. The molecular formula is C16H21FN4OSi.